The predicted octanol–water partition coefficient (Wildman–Crippen LogP) is 0.850. The Bertz CT molecular complexity index is 366. The number of nitrogens with two attached hydrogens (primary N) is 1. The molecule has 0 atom stereocenters. The van der Waals surface area contributed by atoms with Crippen molar-refractivity contribution >= 4 is 5.82 Å². The molecule has 0 amide bonds. The molecule has 0 fully saturated rings. The highest BCUT2D eigenvalue weighted by molar-refractivity contribution is 5.34. The lowest BCUT2D eigenvalue weighted by Gasteiger charge is -1.98. The molecule has 2 rings (SSSR count). The van der Waals surface area contributed by atoms with Gasteiger partial charge in [-0.3, -0.25) is 4.98 Å². The summed E-state index contributed by atoms with van der Waals surface area (Å²) in [4.78, 5) is 7.83. The van der Waals surface area contributed by atoms with Crippen LogP contribution in [0.15, 0.2) is 37.1 Å². The smallest absolute Gasteiger partial charge is 0.141 e. The first-order chi connectivity index (χ1) is 5.86. The number of nitrogens with zero attached hydrogens (tertiary/aromatic N) is 3. The Balaban J connectivity index is 2.45. The molecule has 2 N–H and O–H groups in total. The number of rotatable bonds is 1. The Morgan fingerprint density at radius 1 is 1.25 bits per heavy atom. The number of hydrogen-bond acceptors (Lipinski definition) is 3. The first kappa shape index (κ1) is 6.84. The van der Waals surface area contributed by atoms with Crippen LogP contribution < -0.4 is 5.73 Å². The third-order valence-electron chi connectivity index (χ3n) is 1.56. The number of anilines is 1. The zero-order chi connectivity index (χ0) is 8.39. The summed E-state index contributed by atoms with van der Waals surface area (Å²) in [5.41, 5.74) is 6.48. The summed E-state index contributed by atoms with van der Waals surface area (Å²) < 4.78 is 1.84. The van der Waals surface area contributed by atoms with Crippen molar-refractivity contribution in [2.75, 3.05) is 5.73 Å². The summed E-state index contributed by atoms with van der Waals surface area (Å²) in [6.45, 7) is 0. The lowest BCUT2D eigenvalue weighted by atomic mass is 10.4. The third kappa shape index (κ3) is 1.14. The fraction of sp³-hybridized carbons (Fsp3) is 0. The van der Waals surface area contributed by atoms with E-state index in [-0.39, 0.29) is 0 Å². The van der Waals surface area contributed by atoms with Gasteiger partial charge in [0.1, 0.15) is 12.1 Å². The van der Waals surface area contributed by atoms with Crippen LogP contribution in [-0.4, -0.2) is 14.5 Å². The van der Waals surface area contributed by atoms with Gasteiger partial charge in [-0.25, -0.2) is 4.98 Å². The van der Waals surface area contributed by atoms with Crippen LogP contribution >= 0.6 is 0 Å². The predicted molar refractivity (Wildman–Crippen MR) is 45.8 cm³/mol. The lowest BCUT2D eigenvalue weighted by molar-refractivity contribution is 1.05. The minimum atomic E-state index is 0.520. The SMILES string of the molecule is Nc1cn(-c2ccncc2)cn1. The van der Waals surface area contributed by atoms with E-state index in [1.165, 1.54) is 0 Å². The molecule has 0 spiro atoms. The molecule has 0 aromatic carbocycles. The van der Waals surface area contributed by atoms with E-state index >= 15 is 0 Å². The molecule has 0 saturated carbocycles. The summed E-state index contributed by atoms with van der Waals surface area (Å²) in [5, 5.41) is 0. The molecule has 4 heteroatoms. The minimum absolute atomic E-state index is 0.520. The van der Waals surface area contributed by atoms with Gasteiger partial charge in [0.05, 0.1) is 6.20 Å². The maximum atomic E-state index is 5.47. The standard InChI is InChI=1S/C8H8N4/c9-8-5-12(6-11-8)7-1-3-10-4-2-7/h1-6H,9H2. The van der Waals surface area contributed by atoms with Gasteiger partial charge in [-0.2, -0.15) is 0 Å². The molecule has 60 valence electrons. The van der Waals surface area contributed by atoms with Gasteiger partial charge in [-0.15, -0.1) is 0 Å². The van der Waals surface area contributed by atoms with Crippen molar-refractivity contribution < 1.29 is 0 Å². The molecular weight excluding hydrogens is 152 g/mol. The molecule has 12 heavy (non-hydrogen) atoms. The Kier molecular flexibility index (Phi) is 1.51. The van der Waals surface area contributed by atoms with Crippen LogP contribution in [0.3, 0.4) is 0 Å². The molecule has 0 bridgehead atoms. The molecule has 0 aliphatic rings. The van der Waals surface area contributed by atoms with Crippen LogP contribution in [0.4, 0.5) is 5.82 Å². The summed E-state index contributed by atoms with van der Waals surface area (Å²) in [5.74, 6) is 0.520. The van der Waals surface area contributed by atoms with E-state index in [0.29, 0.717) is 5.82 Å². The van der Waals surface area contributed by atoms with E-state index < -0.39 is 0 Å². The van der Waals surface area contributed by atoms with E-state index in [0.717, 1.165) is 5.69 Å². The molecule has 2 aromatic heterocycles. The van der Waals surface area contributed by atoms with Crippen LogP contribution in [0.5, 0.6) is 0 Å². The van der Waals surface area contributed by atoms with Gasteiger partial charge in [0.2, 0.25) is 0 Å². The van der Waals surface area contributed by atoms with Crippen LogP contribution in [0.2, 0.25) is 0 Å². The van der Waals surface area contributed by atoms with Gasteiger partial charge < -0.3 is 10.3 Å². The van der Waals surface area contributed by atoms with Crippen molar-refractivity contribution in [3.8, 4) is 5.69 Å². The minimum Gasteiger partial charge on any atom is -0.382 e. The average Bonchev–Trinajstić information content (AvgIpc) is 2.54. The molecule has 2 aromatic rings. The Morgan fingerprint density at radius 3 is 2.58 bits per heavy atom. The zero-order valence-electron chi connectivity index (χ0n) is 6.38. The van der Waals surface area contributed by atoms with Crippen LogP contribution in [-0.2, 0) is 0 Å². The van der Waals surface area contributed by atoms with E-state index in [1.807, 2.05) is 16.7 Å². The molecule has 0 saturated heterocycles. The lowest BCUT2D eigenvalue weighted by Crippen LogP contribution is -1.89. The summed E-state index contributed by atoms with van der Waals surface area (Å²) >= 11 is 0. The summed E-state index contributed by atoms with van der Waals surface area (Å²) in [6, 6.07) is 3.78. The van der Waals surface area contributed by atoms with Crippen LogP contribution in [0.1, 0.15) is 0 Å². The van der Waals surface area contributed by atoms with Gasteiger partial charge in [-0.05, 0) is 12.1 Å². The highest BCUT2D eigenvalue weighted by Gasteiger charge is 1.95. The van der Waals surface area contributed by atoms with Crippen LogP contribution in [0, 0.1) is 0 Å². The maximum absolute atomic E-state index is 5.47. The van der Waals surface area contributed by atoms with Crippen molar-refractivity contribution in [3.63, 3.8) is 0 Å². The molecule has 2 heterocycles. The van der Waals surface area contributed by atoms with E-state index in [2.05, 4.69) is 9.97 Å². The number of pyridine rings is 1. The van der Waals surface area contributed by atoms with Crippen molar-refractivity contribution in [2.45, 2.75) is 0 Å². The normalized spacial score (nSPS) is 10.0. The first-order valence-electron chi connectivity index (χ1n) is 3.56. The van der Waals surface area contributed by atoms with Crippen LogP contribution in [0.25, 0.3) is 5.69 Å². The first-order valence-corrected chi connectivity index (χ1v) is 3.56. The van der Waals surface area contributed by atoms with Gasteiger partial charge in [0.15, 0.2) is 0 Å². The van der Waals surface area contributed by atoms with E-state index in [1.54, 1.807) is 24.9 Å². The molecule has 0 aliphatic carbocycles. The molecule has 0 radical (unpaired) electrons. The van der Waals surface area contributed by atoms with Crippen molar-refractivity contribution in [1.29, 1.82) is 0 Å². The Labute approximate surface area is 69.7 Å². The van der Waals surface area contributed by atoms with Gasteiger partial charge in [0.25, 0.3) is 0 Å². The summed E-state index contributed by atoms with van der Waals surface area (Å²) in [6.07, 6.45) is 6.89. The second kappa shape index (κ2) is 2.65. The average molecular weight is 160 g/mol. The van der Waals surface area contributed by atoms with Crippen molar-refractivity contribution in [3.05, 3.63) is 37.1 Å². The molecule has 4 nitrogen and oxygen atoms in total. The monoisotopic (exact) mass is 160 g/mol. The molecule has 0 unspecified atom stereocenters. The number of aromatic nitrogens is 3. The van der Waals surface area contributed by atoms with E-state index in [9.17, 15) is 0 Å². The molecular formula is C8H8N4. The zero-order valence-corrected chi connectivity index (χ0v) is 6.38. The number of hydrogen-bond donors (Lipinski definition) is 1. The fourth-order valence-electron chi connectivity index (χ4n) is 0.995. The van der Waals surface area contributed by atoms with Gasteiger partial charge >= 0.3 is 0 Å². The molecule has 0 aliphatic heterocycles. The van der Waals surface area contributed by atoms with Crippen molar-refractivity contribution in [2.24, 2.45) is 0 Å². The highest BCUT2D eigenvalue weighted by Crippen LogP contribution is 2.06. The maximum Gasteiger partial charge on any atom is 0.141 e. The third-order valence-corrected chi connectivity index (χ3v) is 1.56. The Hall–Kier alpha value is -1.84. The second-order valence-electron chi connectivity index (χ2n) is 2.41. The quantitative estimate of drug-likeness (QED) is 0.672. The highest BCUT2D eigenvalue weighted by atomic mass is 15.1. The second-order valence-corrected chi connectivity index (χ2v) is 2.41. The number of nitrogen functional groups attached to an aromatic ring is 1. The number of imidazole rings is 1. The van der Waals surface area contributed by atoms with Crippen molar-refractivity contribution in [1.82, 2.24) is 14.5 Å². The topological polar surface area (TPSA) is 56.7 Å². The fourth-order valence-corrected chi connectivity index (χ4v) is 0.995. The summed E-state index contributed by atoms with van der Waals surface area (Å²) in [7, 11) is 0. The van der Waals surface area contributed by atoms with Gasteiger partial charge in [0, 0.05) is 18.1 Å². The Morgan fingerprint density at radius 2 is 2.00 bits per heavy atom. The van der Waals surface area contributed by atoms with E-state index in [4.69, 9.17) is 5.73 Å². The largest absolute Gasteiger partial charge is 0.382 e. The van der Waals surface area contributed by atoms with Gasteiger partial charge in [-0.1, -0.05) is 0 Å².